The number of nitrogens with zero attached hydrogens (tertiary/aromatic N) is 4. The number of carbonyl (C=O) groups excluding carboxylic acids is 1. The Morgan fingerprint density at radius 3 is 2.57 bits per heavy atom. The molecule has 0 radical (unpaired) electrons. The first kappa shape index (κ1) is 20.4. The van der Waals surface area contributed by atoms with E-state index in [9.17, 15) is 4.79 Å². The summed E-state index contributed by atoms with van der Waals surface area (Å²) in [5.74, 6) is 0.0838. The highest BCUT2D eigenvalue weighted by Crippen LogP contribution is 2.30. The zero-order valence-corrected chi connectivity index (χ0v) is 17.6. The van der Waals surface area contributed by atoms with Gasteiger partial charge in [-0.2, -0.15) is 4.68 Å². The zero-order valence-electron chi connectivity index (χ0n) is 16.1. The molecule has 1 aromatic heterocycles. The summed E-state index contributed by atoms with van der Waals surface area (Å²) >= 11 is 7.61. The molecule has 1 N–H and O–H groups in total. The van der Waals surface area contributed by atoms with Crippen LogP contribution >= 0.6 is 23.4 Å². The summed E-state index contributed by atoms with van der Waals surface area (Å²) in [6.45, 7) is 6.11. The first-order valence-corrected chi connectivity index (χ1v) is 10.5. The molecule has 6 nitrogen and oxygen atoms in total. The molecule has 1 heterocycles. The fraction of sp³-hybridized carbons (Fsp3) is 0.300. The van der Waals surface area contributed by atoms with Crippen molar-refractivity contribution >= 4 is 35.0 Å². The number of rotatable bonds is 7. The van der Waals surface area contributed by atoms with E-state index in [1.54, 1.807) is 4.68 Å². The van der Waals surface area contributed by atoms with Crippen LogP contribution in [-0.4, -0.2) is 31.9 Å². The molecule has 146 valence electrons. The number of nitrogens with one attached hydrogen (secondary N) is 1. The van der Waals surface area contributed by atoms with Gasteiger partial charge in [0.05, 0.1) is 11.4 Å². The van der Waals surface area contributed by atoms with E-state index in [1.807, 2.05) is 50.2 Å². The van der Waals surface area contributed by atoms with Gasteiger partial charge in [0, 0.05) is 10.7 Å². The van der Waals surface area contributed by atoms with Gasteiger partial charge >= 0.3 is 0 Å². The first-order chi connectivity index (χ1) is 13.5. The number of amides is 1. The number of aryl methyl sites for hydroxylation is 2. The molecular weight excluding hydrogens is 394 g/mol. The summed E-state index contributed by atoms with van der Waals surface area (Å²) in [6, 6.07) is 11.7. The normalized spacial score (nSPS) is 10.9. The van der Waals surface area contributed by atoms with E-state index in [1.165, 1.54) is 11.8 Å². The lowest BCUT2D eigenvalue weighted by molar-refractivity contribution is -0.113. The molecule has 0 spiro atoms. The highest BCUT2D eigenvalue weighted by atomic mass is 35.5. The van der Waals surface area contributed by atoms with Crippen LogP contribution < -0.4 is 5.32 Å². The lowest BCUT2D eigenvalue weighted by Gasteiger charge is -2.15. The summed E-state index contributed by atoms with van der Waals surface area (Å²) in [6.07, 6.45) is 1.57. The maximum absolute atomic E-state index is 12.6. The predicted molar refractivity (Wildman–Crippen MR) is 113 cm³/mol. The van der Waals surface area contributed by atoms with Crippen LogP contribution in [-0.2, 0) is 17.6 Å². The molecule has 28 heavy (non-hydrogen) atoms. The lowest BCUT2D eigenvalue weighted by atomic mass is 10.0. The molecule has 0 aliphatic carbocycles. The van der Waals surface area contributed by atoms with Gasteiger partial charge in [-0.05, 0) is 59.5 Å². The Balaban J connectivity index is 1.72. The molecule has 1 amide bonds. The molecule has 0 fully saturated rings. The van der Waals surface area contributed by atoms with Gasteiger partial charge in [-0.25, -0.2) is 0 Å². The van der Waals surface area contributed by atoms with Gasteiger partial charge in [0.25, 0.3) is 0 Å². The average Bonchev–Trinajstić information content (AvgIpc) is 3.16. The Morgan fingerprint density at radius 2 is 1.89 bits per heavy atom. The lowest BCUT2D eigenvalue weighted by Crippen LogP contribution is -2.17. The van der Waals surface area contributed by atoms with E-state index in [4.69, 9.17) is 11.6 Å². The van der Waals surface area contributed by atoms with Gasteiger partial charge in [0.1, 0.15) is 0 Å². The maximum Gasteiger partial charge on any atom is 0.234 e. The quantitative estimate of drug-likeness (QED) is 0.576. The van der Waals surface area contributed by atoms with Crippen LogP contribution in [0.25, 0.3) is 5.69 Å². The van der Waals surface area contributed by atoms with Crippen LogP contribution in [0.3, 0.4) is 0 Å². The largest absolute Gasteiger partial charge is 0.325 e. The minimum atomic E-state index is -0.116. The Hall–Kier alpha value is -2.38. The van der Waals surface area contributed by atoms with E-state index in [0.29, 0.717) is 10.2 Å². The van der Waals surface area contributed by atoms with Crippen LogP contribution in [0, 0.1) is 6.92 Å². The smallest absolute Gasteiger partial charge is 0.234 e. The highest BCUT2D eigenvalue weighted by molar-refractivity contribution is 7.99. The third kappa shape index (κ3) is 4.54. The van der Waals surface area contributed by atoms with Gasteiger partial charge in [0.2, 0.25) is 11.1 Å². The van der Waals surface area contributed by atoms with Gasteiger partial charge in [-0.1, -0.05) is 61.0 Å². The van der Waals surface area contributed by atoms with Crippen molar-refractivity contribution in [3.8, 4) is 5.69 Å². The van der Waals surface area contributed by atoms with Crippen molar-refractivity contribution < 1.29 is 4.79 Å². The topological polar surface area (TPSA) is 72.7 Å². The fourth-order valence-electron chi connectivity index (χ4n) is 2.89. The van der Waals surface area contributed by atoms with Crippen LogP contribution in [0.5, 0.6) is 0 Å². The molecule has 8 heteroatoms. The molecular formula is C20H22ClN5OS. The Bertz CT molecular complexity index is 971. The van der Waals surface area contributed by atoms with Crippen LogP contribution in [0.15, 0.2) is 41.6 Å². The van der Waals surface area contributed by atoms with E-state index in [0.717, 1.165) is 40.9 Å². The van der Waals surface area contributed by atoms with Crippen molar-refractivity contribution in [3.05, 3.63) is 58.1 Å². The van der Waals surface area contributed by atoms with Gasteiger partial charge in [-0.15, -0.1) is 5.10 Å². The van der Waals surface area contributed by atoms with Crippen molar-refractivity contribution in [1.82, 2.24) is 20.2 Å². The second-order valence-electron chi connectivity index (χ2n) is 6.31. The Kier molecular flexibility index (Phi) is 6.70. The molecule has 0 saturated heterocycles. The van der Waals surface area contributed by atoms with Gasteiger partial charge in [-0.3, -0.25) is 4.79 Å². The van der Waals surface area contributed by atoms with E-state index >= 15 is 0 Å². The van der Waals surface area contributed by atoms with Crippen molar-refractivity contribution in [1.29, 1.82) is 0 Å². The molecule has 0 atom stereocenters. The average molecular weight is 416 g/mol. The minimum absolute atomic E-state index is 0.116. The van der Waals surface area contributed by atoms with E-state index < -0.39 is 0 Å². The molecule has 0 bridgehead atoms. The highest BCUT2D eigenvalue weighted by Gasteiger charge is 2.15. The molecule has 0 unspecified atom stereocenters. The summed E-state index contributed by atoms with van der Waals surface area (Å²) in [4.78, 5) is 12.6. The van der Waals surface area contributed by atoms with Crippen molar-refractivity contribution in [2.24, 2.45) is 0 Å². The Labute approximate surface area is 173 Å². The van der Waals surface area contributed by atoms with Gasteiger partial charge < -0.3 is 5.32 Å². The predicted octanol–water partition coefficient (Wildman–Crippen LogP) is 4.48. The van der Waals surface area contributed by atoms with Crippen LogP contribution in [0.4, 0.5) is 5.69 Å². The SMILES string of the molecule is CCc1ccc(Cl)c(CC)c1NC(=O)CSc1nnnn1-c1ccc(C)cc1. The molecule has 3 rings (SSSR count). The fourth-order valence-corrected chi connectivity index (χ4v) is 3.87. The third-order valence-corrected chi connectivity index (χ3v) is 5.67. The standard InChI is InChI=1S/C20H22ClN5OS/c1-4-14-8-11-17(21)16(5-2)19(14)22-18(27)12-28-20-23-24-25-26(20)15-9-6-13(3)7-10-15/h6-11H,4-5,12H2,1-3H3,(H,22,27). The molecule has 0 aliphatic rings. The number of hydrogen-bond acceptors (Lipinski definition) is 5. The van der Waals surface area contributed by atoms with Crippen LogP contribution in [0.1, 0.15) is 30.5 Å². The summed E-state index contributed by atoms with van der Waals surface area (Å²) in [7, 11) is 0. The van der Waals surface area contributed by atoms with E-state index in [-0.39, 0.29) is 11.7 Å². The maximum atomic E-state index is 12.6. The first-order valence-electron chi connectivity index (χ1n) is 9.11. The number of tetrazole rings is 1. The van der Waals surface area contributed by atoms with Crippen molar-refractivity contribution in [2.45, 2.75) is 38.8 Å². The monoisotopic (exact) mass is 415 g/mol. The van der Waals surface area contributed by atoms with Gasteiger partial charge in [0.15, 0.2) is 0 Å². The molecule has 0 aliphatic heterocycles. The number of carbonyl (C=O) groups is 1. The Morgan fingerprint density at radius 1 is 1.14 bits per heavy atom. The molecule has 3 aromatic rings. The molecule has 0 saturated carbocycles. The minimum Gasteiger partial charge on any atom is -0.325 e. The number of anilines is 1. The number of benzene rings is 2. The number of aromatic nitrogens is 4. The summed E-state index contributed by atoms with van der Waals surface area (Å²) < 4.78 is 1.63. The summed E-state index contributed by atoms with van der Waals surface area (Å²) in [5, 5.41) is 16.1. The second kappa shape index (κ2) is 9.21. The summed E-state index contributed by atoms with van der Waals surface area (Å²) in [5.41, 5.74) is 4.87. The van der Waals surface area contributed by atoms with E-state index in [2.05, 4.69) is 27.8 Å². The number of halogens is 1. The molecule has 2 aromatic carbocycles. The van der Waals surface area contributed by atoms with Crippen LogP contribution in [0.2, 0.25) is 5.02 Å². The number of hydrogen-bond donors (Lipinski definition) is 1. The number of thioether (sulfide) groups is 1. The second-order valence-corrected chi connectivity index (χ2v) is 7.66. The van der Waals surface area contributed by atoms with Crippen molar-refractivity contribution in [3.63, 3.8) is 0 Å². The van der Waals surface area contributed by atoms with Crippen molar-refractivity contribution in [2.75, 3.05) is 11.1 Å². The third-order valence-electron chi connectivity index (χ3n) is 4.39. The zero-order chi connectivity index (χ0) is 20.1.